The summed E-state index contributed by atoms with van der Waals surface area (Å²) in [7, 11) is 11.7. The van der Waals surface area contributed by atoms with Crippen LogP contribution in [-0.2, 0) is 25.5 Å². The van der Waals surface area contributed by atoms with Crippen LogP contribution >= 0.6 is 0 Å². The van der Waals surface area contributed by atoms with Gasteiger partial charge in [-0.05, 0) is 119 Å². The molecule has 23 nitrogen and oxygen atoms in total. The molecule has 0 radical (unpaired) electrons. The number of carbonyl (C=O) groups excluding carboxylic acids is 2. The third kappa shape index (κ3) is 13.6. The molecule has 5 N–H and O–H groups in total. The predicted octanol–water partition coefficient (Wildman–Crippen LogP) is 7.32. The number of hydrogen-bond donors (Lipinski definition) is 3. The Hall–Kier alpha value is -9.32. The SMILES string of the molecule is COCCOc1ccc(-n2c(=O)n(-c3ccc(C)c(OC)c3)c3c(N)nc(CCCC(C)CC/C=C/C(=O)N(C)c4cc(-n5c(=O)n(-c6ccc(C)c(OC)c6)c6c(N)ncnc65)ccc4OCCOC)nc32)cc1NC(=O)/C=C/CN(C)C. The molecule has 1 atom stereocenters. The maximum Gasteiger partial charge on any atom is 0.339 e. The molecular weight excluding hydrogens is 1070 g/mol. The minimum atomic E-state index is -0.472. The van der Waals surface area contributed by atoms with Gasteiger partial charge in [0.05, 0.1) is 61.6 Å². The van der Waals surface area contributed by atoms with Crippen molar-refractivity contribution in [2.24, 2.45) is 5.92 Å². The summed E-state index contributed by atoms with van der Waals surface area (Å²) in [6, 6.07) is 21.0. The highest BCUT2D eigenvalue weighted by Gasteiger charge is 2.26. The normalized spacial score (nSPS) is 12.0. The number of benzene rings is 4. The van der Waals surface area contributed by atoms with E-state index in [1.807, 2.05) is 51.1 Å². The van der Waals surface area contributed by atoms with Crippen LogP contribution in [0.5, 0.6) is 23.0 Å². The predicted molar refractivity (Wildman–Crippen MR) is 325 cm³/mol. The Labute approximate surface area is 486 Å². The summed E-state index contributed by atoms with van der Waals surface area (Å²) in [5.74, 6) is 2.14. The number of methoxy groups -OCH3 is 4. The third-order valence-electron chi connectivity index (χ3n) is 14.1. The second kappa shape index (κ2) is 27.6. The number of allylic oxidation sites excluding steroid dienone is 1. The highest BCUT2D eigenvalue weighted by Crippen LogP contribution is 2.35. The third-order valence-corrected chi connectivity index (χ3v) is 14.1. The van der Waals surface area contributed by atoms with E-state index < -0.39 is 11.4 Å². The van der Waals surface area contributed by atoms with Crippen LogP contribution in [0.1, 0.15) is 49.6 Å². The van der Waals surface area contributed by atoms with E-state index >= 15 is 0 Å². The van der Waals surface area contributed by atoms with Gasteiger partial charge in [0.1, 0.15) is 59.4 Å². The standard InChI is InChI=1S/C61H73N13O10/c1-38(15-11-12-19-53(76)70(6)46-34-42(25-27-48(46)84-32-30-80-8)73-58-54(56(62)64-37-65-58)71(60(73)77)43-22-20-39(2)49(35-43)81-9)16-13-17-51-67-57(63)55-59(68-51)74(61(78)72(55)44-23-21-40(3)50(36-44)82-10)41-24-26-47(83-31-29-79-7)45(33-41)66-52(75)18-14-28-69(4)5/h12,14,18-27,33-38H,11,13,15-17,28-32H2,1-10H3,(H,66,75)(H2,62,64,65)(H2,63,67,68)/b18-14+,19-12+. The molecule has 4 heterocycles. The first kappa shape index (κ1) is 60.8. The number of aryl methyl sites for hydroxylation is 3. The quantitative estimate of drug-likeness (QED) is 0.0336. The molecule has 0 saturated carbocycles. The molecule has 0 fully saturated rings. The molecule has 0 aliphatic carbocycles. The number of nitrogens with one attached hydrogen (secondary N) is 1. The zero-order valence-electron chi connectivity index (χ0n) is 49.2. The lowest BCUT2D eigenvalue weighted by atomic mass is 9.98. The van der Waals surface area contributed by atoms with Gasteiger partial charge in [-0.1, -0.05) is 37.6 Å². The number of fused-ring (bicyclic) bond motifs is 2. The minimum absolute atomic E-state index is 0.104. The minimum Gasteiger partial charge on any atom is -0.496 e. The molecule has 0 aliphatic heterocycles. The zero-order valence-corrected chi connectivity index (χ0v) is 49.2. The lowest BCUT2D eigenvalue weighted by Crippen LogP contribution is -2.26. The Morgan fingerprint density at radius 2 is 1.21 bits per heavy atom. The number of ether oxygens (including phenoxy) is 6. The number of rotatable bonds is 27. The van der Waals surface area contributed by atoms with Crippen LogP contribution in [-0.4, -0.2) is 137 Å². The van der Waals surface area contributed by atoms with Crippen LogP contribution in [0, 0.1) is 19.8 Å². The maximum absolute atomic E-state index is 14.9. The van der Waals surface area contributed by atoms with E-state index in [0.717, 1.165) is 24.0 Å². The van der Waals surface area contributed by atoms with E-state index in [1.165, 1.54) is 41.6 Å². The van der Waals surface area contributed by atoms with E-state index in [-0.39, 0.29) is 53.9 Å². The Kier molecular flexibility index (Phi) is 20.0. The molecule has 4 aromatic heterocycles. The number of nitrogens with two attached hydrogens (primary N) is 2. The molecule has 1 unspecified atom stereocenters. The molecule has 0 spiro atoms. The first-order valence-electron chi connectivity index (χ1n) is 27.4. The van der Waals surface area contributed by atoms with Gasteiger partial charge in [0.2, 0.25) is 11.8 Å². The molecular formula is C61H73N13O10. The number of nitrogen functional groups attached to an aromatic ring is 2. The topological polar surface area (TPSA) is 265 Å². The summed E-state index contributed by atoms with van der Waals surface area (Å²) < 4.78 is 39.5. The lowest BCUT2D eigenvalue weighted by Gasteiger charge is -2.21. The van der Waals surface area contributed by atoms with Crippen molar-refractivity contribution in [3.8, 4) is 45.7 Å². The van der Waals surface area contributed by atoms with Crippen molar-refractivity contribution in [1.82, 2.24) is 43.1 Å². The molecule has 8 aromatic rings. The van der Waals surface area contributed by atoms with Crippen molar-refractivity contribution in [3.05, 3.63) is 141 Å². The van der Waals surface area contributed by atoms with Crippen LogP contribution in [0.15, 0.2) is 113 Å². The van der Waals surface area contributed by atoms with Gasteiger partial charge < -0.3 is 55.0 Å². The Morgan fingerprint density at radius 1 is 0.643 bits per heavy atom. The fourth-order valence-electron chi connectivity index (χ4n) is 9.64. The molecule has 4 aromatic carbocycles. The summed E-state index contributed by atoms with van der Waals surface area (Å²) >= 11 is 0. The molecule has 0 bridgehead atoms. The number of hydrogen-bond acceptors (Lipinski definition) is 17. The van der Waals surface area contributed by atoms with Gasteiger partial charge in [-0.25, -0.2) is 38.7 Å². The maximum atomic E-state index is 14.9. The highest BCUT2D eigenvalue weighted by molar-refractivity contribution is 6.02. The van der Waals surface area contributed by atoms with Gasteiger partial charge in [-0.2, -0.15) is 0 Å². The van der Waals surface area contributed by atoms with Gasteiger partial charge in [0.15, 0.2) is 22.9 Å². The van der Waals surface area contributed by atoms with Crippen molar-refractivity contribution in [3.63, 3.8) is 0 Å². The van der Waals surface area contributed by atoms with Crippen molar-refractivity contribution >= 4 is 57.2 Å². The van der Waals surface area contributed by atoms with E-state index in [1.54, 1.807) is 102 Å². The van der Waals surface area contributed by atoms with E-state index in [4.69, 9.17) is 49.9 Å². The second-order valence-corrected chi connectivity index (χ2v) is 20.4. The smallest absolute Gasteiger partial charge is 0.339 e. The average Bonchev–Trinajstić information content (AvgIpc) is 2.00. The van der Waals surface area contributed by atoms with Gasteiger partial charge in [0, 0.05) is 52.4 Å². The van der Waals surface area contributed by atoms with Crippen LogP contribution < -0.4 is 52.0 Å². The molecule has 0 aliphatic rings. The van der Waals surface area contributed by atoms with Crippen LogP contribution in [0.2, 0.25) is 0 Å². The summed E-state index contributed by atoms with van der Waals surface area (Å²) in [4.78, 5) is 78.3. The average molecular weight is 1150 g/mol. The zero-order chi connectivity index (χ0) is 60.2. The Balaban J connectivity index is 1.00. The van der Waals surface area contributed by atoms with Gasteiger partial charge >= 0.3 is 11.4 Å². The number of amides is 2. The fourth-order valence-corrected chi connectivity index (χ4v) is 9.64. The summed E-state index contributed by atoms with van der Waals surface area (Å²) in [6.07, 6.45) is 11.2. The molecule has 84 heavy (non-hydrogen) atoms. The number of likely N-dealkylation sites (N-methyl/N-ethyl adjacent to an activating group) is 2. The Bertz CT molecular complexity index is 3860. The number of imidazole rings is 2. The van der Waals surface area contributed by atoms with Crippen LogP contribution in [0.4, 0.5) is 23.0 Å². The summed E-state index contributed by atoms with van der Waals surface area (Å²) in [5.41, 5.74) is 17.7. The molecule has 23 heteroatoms. The molecule has 8 rings (SSSR count). The van der Waals surface area contributed by atoms with Crippen LogP contribution in [0.3, 0.4) is 0 Å². The van der Waals surface area contributed by atoms with Crippen molar-refractivity contribution in [2.75, 3.05) is 104 Å². The largest absolute Gasteiger partial charge is 0.496 e. The lowest BCUT2D eigenvalue weighted by molar-refractivity contribution is -0.114. The van der Waals surface area contributed by atoms with E-state index in [9.17, 15) is 19.2 Å². The summed E-state index contributed by atoms with van der Waals surface area (Å²) in [5, 5.41) is 2.92. The van der Waals surface area contributed by atoms with E-state index in [2.05, 4.69) is 22.2 Å². The Morgan fingerprint density at radius 3 is 1.83 bits per heavy atom. The van der Waals surface area contributed by atoms with Crippen molar-refractivity contribution in [2.45, 2.75) is 52.9 Å². The van der Waals surface area contributed by atoms with Gasteiger partial charge in [-0.3, -0.25) is 18.7 Å². The molecule has 2 amide bonds. The highest BCUT2D eigenvalue weighted by atomic mass is 16.5. The molecule has 442 valence electrons. The number of carbonyl (C=O) groups is 2. The van der Waals surface area contributed by atoms with Crippen molar-refractivity contribution in [1.29, 1.82) is 0 Å². The first-order chi connectivity index (χ1) is 40.5. The number of nitrogens with zero attached hydrogens (tertiary/aromatic N) is 10. The van der Waals surface area contributed by atoms with Gasteiger partial charge in [0.25, 0.3) is 0 Å². The van der Waals surface area contributed by atoms with E-state index in [0.29, 0.717) is 113 Å². The second-order valence-electron chi connectivity index (χ2n) is 20.4. The fraction of sp³-hybridized carbons (Fsp3) is 0.344. The number of anilines is 4. The first-order valence-corrected chi connectivity index (χ1v) is 27.4. The monoisotopic (exact) mass is 1150 g/mol. The van der Waals surface area contributed by atoms with Gasteiger partial charge in [-0.15, -0.1) is 0 Å². The summed E-state index contributed by atoms with van der Waals surface area (Å²) in [6.45, 7) is 7.56. The van der Waals surface area contributed by atoms with Crippen LogP contribution in [0.25, 0.3) is 45.1 Å². The number of aromatic nitrogens is 8. The molecule has 0 saturated heterocycles. The van der Waals surface area contributed by atoms with Crippen molar-refractivity contribution < 1.29 is 38.0 Å².